The summed E-state index contributed by atoms with van der Waals surface area (Å²) < 4.78 is 32.7. The Balaban J connectivity index is 1.71. The quantitative estimate of drug-likeness (QED) is 0.832. The molecule has 130 valence electrons. The van der Waals surface area contributed by atoms with E-state index < -0.39 is 11.6 Å². The molecule has 0 saturated carbocycles. The fraction of sp³-hybridized carbons (Fsp3) is 0.611. The van der Waals surface area contributed by atoms with Gasteiger partial charge in [0.25, 0.3) is 0 Å². The molecular formula is C18H22F2N2O2. The Morgan fingerprint density at radius 2 is 1.83 bits per heavy atom. The molecule has 1 aromatic carbocycles. The van der Waals surface area contributed by atoms with Crippen LogP contribution in [0.25, 0.3) is 0 Å². The first kappa shape index (κ1) is 15.8. The molecule has 0 aliphatic carbocycles. The van der Waals surface area contributed by atoms with Crippen LogP contribution in [0.1, 0.15) is 31.2 Å². The molecule has 24 heavy (non-hydrogen) atoms. The Labute approximate surface area is 140 Å². The molecule has 4 heterocycles. The third-order valence-electron chi connectivity index (χ3n) is 5.81. The summed E-state index contributed by atoms with van der Waals surface area (Å²) >= 11 is 0. The van der Waals surface area contributed by atoms with Crippen LogP contribution in [0.15, 0.2) is 18.2 Å². The summed E-state index contributed by atoms with van der Waals surface area (Å²) in [5.41, 5.74) is 0.641. The van der Waals surface area contributed by atoms with Crippen LogP contribution in [0.5, 0.6) is 0 Å². The fourth-order valence-corrected chi connectivity index (χ4v) is 4.92. The van der Waals surface area contributed by atoms with Crippen LogP contribution in [0.3, 0.4) is 0 Å². The largest absolute Gasteiger partial charge is 0.450 e. The number of rotatable bonds is 2. The monoisotopic (exact) mass is 336 g/mol. The first-order chi connectivity index (χ1) is 11.6. The van der Waals surface area contributed by atoms with Gasteiger partial charge < -0.3 is 9.64 Å². The van der Waals surface area contributed by atoms with Crippen molar-refractivity contribution in [3.05, 3.63) is 35.4 Å². The summed E-state index contributed by atoms with van der Waals surface area (Å²) in [5.74, 6) is -0.750. The number of hydrogen-bond donors (Lipinski definition) is 0. The lowest BCUT2D eigenvalue weighted by Crippen LogP contribution is -2.60. The van der Waals surface area contributed by atoms with Crippen LogP contribution in [0.2, 0.25) is 0 Å². The molecule has 4 nitrogen and oxygen atoms in total. The molecule has 5 rings (SSSR count). The zero-order valence-corrected chi connectivity index (χ0v) is 13.8. The Morgan fingerprint density at radius 3 is 2.46 bits per heavy atom. The Hall–Kier alpha value is -1.69. The number of ether oxygens (including phenoxy) is 1. The first-order valence-electron chi connectivity index (χ1n) is 8.72. The number of benzene rings is 1. The van der Waals surface area contributed by atoms with Gasteiger partial charge in [0.1, 0.15) is 11.6 Å². The highest BCUT2D eigenvalue weighted by atomic mass is 19.1. The van der Waals surface area contributed by atoms with E-state index in [4.69, 9.17) is 4.74 Å². The highest BCUT2D eigenvalue weighted by Crippen LogP contribution is 2.46. The molecule has 4 aliphatic rings. The van der Waals surface area contributed by atoms with Crippen molar-refractivity contribution in [3.63, 3.8) is 0 Å². The minimum absolute atomic E-state index is 0.0762. The fourth-order valence-electron chi connectivity index (χ4n) is 4.92. The molecule has 4 saturated heterocycles. The van der Waals surface area contributed by atoms with Crippen molar-refractivity contribution >= 4 is 6.09 Å². The van der Waals surface area contributed by atoms with Crippen LogP contribution in [-0.4, -0.2) is 54.2 Å². The van der Waals surface area contributed by atoms with Crippen LogP contribution in [-0.2, 0) is 4.74 Å². The van der Waals surface area contributed by atoms with Crippen molar-refractivity contribution in [3.8, 4) is 0 Å². The van der Waals surface area contributed by atoms with Crippen molar-refractivity contribution in [1.82, 2.24) is 9.80 Å². The summed E-state index contributed by atoms with van der Waals surface area (Å²) in [7, 11) is 0. The molecular weight excluding hydrogens is 314 g/mol. The number of fused-ring (bicyclic) bond motifs is 2. The van der Waals surface area contributed by atoms with E-state index in [-0.39, 0.29) is 24.1 Å². The first-order valence-corrected chi connectivity index (χ1v) is 8.72. The zero-order chi connectivity index (χ0) is 16.8. The standard InChI is InChI=1S/C18H22F2N2O2/c1-2-24-18(23)22-10-15(12-7-13(19)9-14(20)8-12)17-16(22)11-3-5-21(17)6-4-11/h7-9,11,15-17H,2-6,10H2,1H3/t15-,16+,17+/m1/s1. The molecule has 1 aromatic rings. The minimum Gasteiger partial charge on any atom is -0.450 e. The molecule has 2 bridgehead atoms. The number of carbonyl (C=O) groups excluding carboxylic acids is 1. The van der Waals surface area contributed by atoms with Crippen molar-refractivity contribution < 1.29 is 18.3 Å². The van der Waals surface area contributed by atoms with Crippen LogP contribution in [0.4, 0.5) is 13.6 Å². The average molecular weight is 336 g/mol. The molecule has 0 radical (unpaired) electrons. The van der Waals surface area contributed by atoms with E-state index in [1.54, 1.807) is 11.8 Å². The van der Waals surface area contributed by atoms with Gasteiger partial charge in [-0.2, -0.15) is 0 Å². The lowest BCUT2D eigenvalue weighted by Gasteiger charge is -2.50. The van der Waals surface area contributed by atoms with Crippen LogP contribution < -0.4 is 0 Å². The number of piperidine rings is 3. The number of carbonyl (C=O) groups is 1. The smallest absolute Gasteiger partial charge is 0.410 e. The summed E-state index contributed by atoms with van der Waals surface area (Å²) in [4.78, 5) is 16.6. The van der Waals surface area contributed by atoms with Gasteiger partial charge in [0.15, 0.2) is 0 Å². The van der Waals surface area contributed by atoms with E-state index in [1.807, 2.05) is 0 Å². The summed E-state index contributed by atoms with van der Waals surface area (Å²) in [6.07, 6.45) is 1.84. The van der Waals surface area contributed by atoms with Gasteiger partial charge in [-0.05, 0) is 56.5 Å². The maximum absolute atomic E-state index is 13.7. The SMILES string of the molecule is CCOC(=O)N1C[C@H](c2cc(F)cc(F)c2)[C@H]2[C@@H]1C1CCN2CC1. The maximum Gasteiger partial charge on any atom is 0.410 e. The predicted octanol–water partition coefficient (Wildman–Crippen LogP) is 2.98. The van der Waals surface area contributed by atoms with Gasteiger partial charge in [0, 0.05) is 24.6 Å². The maximum atomic E-state index is 13.7. The summed E-state index contributed by atoms with van der Waals surface area (Å²) in [6.45, 7) is 4.58. The molecule has 6 heteroatoms. The number of likely N-dealkylation sites (tertiary alicyclic amines) is 1. The third kappa shape index (κ3) is 2.48. The van der Waals surface area contributed by atoms with Gasteiger partial charge in [-0.3, -0.25) is 4.90 Å². The molecule has 0 unspecified atom stereocenters. The van der Waals surface area contributed by atoms with Gasteiger partial charge in [-0.15, -0.1) is 0 Å². The predicted molar refractivity (Wildman–Crippen MR) is 84.7 cm³/mol. The number of amides is 1. The number of halogens is 2. The topological polar surface area (TPSA) is 32.8 Å². The van der Waals surface area contributed by atoms with E-state index in [0.717, 1.165) is 32.0 Å². The highest BCUT2D eigenvalue weighted by molar-refractivity contribution is 5.69. The molecule has 4 fully saturated rings. The minimum atomic E-state index is -0.563. The van der Waals surface area contributed by atoms with Crippen LogP contribution >= 0.6 is 0 Å². The summed E-state index contributed by atoms with van der Waals surface area (Å²) in [5, 5.41) is 0. The van der Waals surface area contributed by atoms with E-state index in [2.05, 4.69) is 4.90 Å². The summed E-state index contributed by atoms with van der Waals surface area (Å²) in [6, 6.07) is 3.92. The second-order valence-corrected chi connectivity index (χ2v) is 7.02. The van der Waals surface area contributed by atoms with Gasteiger partial charge in [0.05, 0.1) is 12.6 Å². The van der Waals surface area contributed by atoms with Gasteiger partial charge in [-0.25, -0.2) is 13.6 Å². The molecule has 3 atom stereocenters. The lowest BCUT2D eigenvalue weighted by molar-refractivity contribution is -0.00690. The van der Waals surface area contributed by atoms with Crippen molar-refractivity contribution in [2.75, 3.05) is 26.2 Å². The molecule has 1 amide bonds. The lowest BCUT2D eigenvalue weighted by atomic mass is 9.75. The Kier molecular flexibility index (Phi) is 3.95. The molecule has 4 aliphatic heterocycles. The normalized spacial score (nSPS) is 34.3. The van der Waals surface area contributed by atoms with Crippen molar-refractivity contribution in [2.24, 2.45) is 5.92 Å². The Morgan fingerprint density at radius 1 is 1.17 bits per heavy atom. The zero-order valence-electron chi connectivity index (χ0n) is 13.8. The number of nitrogens with zero attached hydrogens (tertiary/aromatic N) is 2. The Bertz CT molecular complexity index is 626. The molecule has 0 N–H and O–H groups in total. The van der Waals surface area contributed by atoms with E-state index in [0.29, 0.717) is 24.6 Å². The van der Waals surface area contributed by atoms with Crippen molar-refractivity contribution in [1.29, 1.82) is 0 Å². The molecule has 0 aromatic heterocycles. The second kappa shape index (κ2) is 5.99. The average Bonchev–Trinajstić information content (AvgIpc) is 2.98. The third-order valence-corrected chi connectivity index (χ3v) is 5.81. The number of hydrogen-bond acceptors (Lipinski definition) is 3. The molecule has 0 spiro atoms. The van der Waals surface area contributed by atoms with Gasteiger partial charge in [-0.1, -0.05) is 0 Å². The highest BCUT2D eigenvalue weighted by Gasteiger charge is 2.55. The van der Waals surface area contributed by atoms with Crippen molar-refractivity contribution in [2.45, 2.75) is 37.8 Å². The van der Waals surface area contributed by atoms with Gasteiger partial charge in [0.2, 0.25) is 0 Å². The van der Waals surface area contributed by atoms with E-state index in [1.165, 1.54) is 12.1 Å². The second-order valence-electron chi connectivity index (χ2n) is 7.02. The van der Waals surface area contributed by atoms with Gasteiger partial charge >= 0.3 is 6.09 Å². The van der Waals surface area contributed by atoms with E-state index in [9.17, 15) is 13.6 Å². The van der Waals surface area contributed by atoms with E-state index >= 15 is 0 Å². The van der Waals surface area contributed by atoms with Crippen LogP contribution in [0, 0.1) is 17.6 Å².